The number of nitrogens with one attached hydrogen (secondary N) is 1. The van der Waals surface area contributed by atoms with Crippen molar-refractivity contribution in [2.45, 2.75) is 20.0 Å². The van der Waals surface area contributed by atoms with Crippen molar-refractivity contribution in [3.63, 3.8) is 0 Å². The van der Waals surface area contributed by atoms with Crippen LogP contribution in [0.3, 0.4) is 0 Å². The van der Waals surface area contributed by atoms with E-state index in [1.807, 2.05) is 32.0 Å². The standard InChI is InChI=1S/C14H18FN3S/c1-10-13(8-16-2)19-14(17-10)18(3)9-11-6-4-5-7-12(11)15/h4-7,16H,8-9H2,1-3H3. The molecular formula is C14H18FN3S. The highest BCUT2D eigenvalue weighted by molar-refractivity contribution is 7.15. The van der Waals surface area contributed by atoms with Crippen LogP contribution in [0.15, 0.2) is 24.3 Å². The SMILES string of the molecule is CNCc1sc(N(C)Cc2ccccc2F)nc1C. The average Bonchev–Trinajstić information content (AvgIpc) is 2.75. The normalized spacial score (nSPS) is 10.7. The Hall–Kier alpha value is -1.46. The van der Waals surface area contributed by atoms with Crippen molar-refractivity contribution in [3.8, 4) is 0 Å². The second-order valence-corrected chi connectivity index (χ2v) is 5.54. The maximum atomic E-state index is 13.6. The second kappa shape index (κ2) is 6.12. The van der Waals surface area contributed by atoms with E-state index in [2.05, 4.69) is 10.3 Å². The van der Waals surface area contributed by atoms with E-state index in [1.54, 1.807) is 23.5 Å². The van der Waals surface area contributed by atoms with Crippen molar-refractivity contribution in [2.24, 2.45) is 0 Å². The Kier molecular flexibility index (Phi) is 4.50. The highest BCUT2D eigenvalue weighted by atomic mass is 32.1. The summed E-state index contributed by atoms with van der Waals surface area (Å²) in [6.07, 6.45) is 0. The van der Waals surface area contributed by atoms with Crippen LogP contribution in [0.4, 0.5) is 9.52 Å². The lowest BCUT2D eigenvalue weighted by Crippen LogP contribution is -2.16. The zero-order valence-corrected chi connectivity index (χ0v) is 12.2. The van der Waals surface area contributed by atoms with Crippen LogP contribution >= 0.6 is 11.3 Å². The number of hydrogen-bond donors (Lipinski definition) is 1. The number of nitrogens with zero attached hydrogens (tertiary/aromatic N) is 2. The zero-order valence-electron chi connectivity index (χ0n) is 11.4. The van der Waals surface area contributed by atoms with Gasteiger partial charge in [0.05, 0.1) is 5.69 Å². The third-order valence-electron chi connectivity index (χ3n) is 2.91. The average molecular weight is 279 g/mol. The number of benzene rings is 1. The second-order valence-electron chi connectivity index (χ2n) is 4.48. The third-order valence-corrected chi connectivity index (χ3v) is 4.18. The molecule has 0 spiro atoms. The van der Waals surface area contributed by atoms with E-state index >= 15 is 0 Å². The minimum Gasteiger partial charge on any atom is -0.347 e. The van der Waals surface area contributed by atoms with Crippen LogP contribution in [0.25, 0.3) is 0 Å². The van der Waals surface area contributed by atoms with Gasteiger partial charge in [0.25, 0.3) is 0 Å². The van der Waals surface area contributed by atoms with Crippen molar-refractivity contribution in [1.29, 1.82) is 0 Å². The van der Waals surface area contributed by atoms with E-state index in [0.717, 1.165) is 17.4 Å². The number of hydrogen-bond acceptors (Lipinski definition) is 4. The number of rotatable bonds is 5. The summed E-state index contributed by atoms with van der Waals surface area (Å²) in [5, 5.41) is 4.05. The predicted molar refractivity (Wildman–Crippen MR) is 78.1 cm³/mol. The lowest BCUT2D eigenvalue weighted by molar-refractivity contribution is 0.608. The summed E-state index contributed by atoms with van der Waals surface area (Å²) in [5.41, 5.74) is 1.72. The monoisotopic (exact) mass is 279 g/mol. The van der Waals surface area contributed by atoms with Gasteiger partial charge in [0.2, 0.25) is 0 Å². The molecule has 0 fully saturated rings. The molecule has 2 aromatic rings. The van der Waals surface area contributed by atoms with Gasteiger partial charge in [-0.15, -0.1) is 11.3 Å². The quantitative estimate of drug-likeness (QED) is 0.912. The van der Waals surface area contributed by atoms with E-state index in [4.69, 9.17) is 0 Å². The van der Waals surface area contributed by atoms with Crippen molar-refractivity contribution in [1.82, 2.24) is 10.3 Å². The number of halogens is 1. The number of aromatic nitrogens is 1. The molecule has 5 heteroatoms. The minimum absolute atomic E-state index is 0.168. The van der Waals surface area contributed by atoms with E-state index in [0.29, 0.717) is 12.1 Å². The van der Waals surface area contributed by atoms with E-state index in [1.165, 1.54) is 10.9 Å². The molecule has 1 aromatic carbocycles. The molecule has 0 aliphatic rings. The van der Waals surface area contributed by atoms with Gasteiger partial charge >= 0.3 is 0 Å². The van der Waals surface area contributed by atoms with Gasteiger partial charge in [0.1, 0.15) is 5.82 Å². The lowest BCUT2D eigenvalue weighted by atomic mass is 10.2. The molecule has 2 rings (SSSR count). The molecule has 102 valence electrons. The maximum absolute atomic E-state index is 13.6. The fourth-order valence-electron chi connectivity index (χ4n) is 1.85. The third kappa shape index (κ3) is 3.30. The van der Waals surface area contributed by atoms with Crippen LogP contribution in [0.2, 0.25) is 0 Å². The first-order valence-electron chi connectivity index (χ1n) is 6.17. The summed E-state index contributed by atoms with van der Waals surface area (Å²) in [6.45, 7) is 3.35. The molecule has 0 bridgehead atoms. The highest BCUT2D eigenvalue weighted by Crippen LogP contribution is 2.26. The van der Waals surface area contributed by atoms with Crippen molar-refractivity contribution in [2.75, 3.05) is 19.0 Å². The predicted octanol–water partition coefficient (Wildman–Crippen LogP) is 2.95. The number of thiazole rings is 1. The molecule has 0 aliphatic heterocycles. The van der Waals surface area contributed by atoms with Crippen LogP contribution in [0, 0.1) is 12.7 Å². The molecule has 0 atom stereocenters. The van der Waals surface area contributed by atoms with Crippen LogP contribution in [-0.4, -0.2) is 19.1 Å². The Bertz CT molecular complexity index is 553. The Morgan fingerprint density at radius 1 is 1.37 bits per heavy atom. The fraction of sp³-hybridized carbons (Fsp3) is 0.357. The molecule has 0 amide bonds. The molecule has 3 nitrogen and oxygen atoms in total. The van der Waals surface area contributed by atoms with Gasteiger partial charge in [-0.3, -0.25) is 0 Å². The van der Waals surface area contributed by atoms with Crippen molar-refractivity contribution in [3.05, 3.63) is 46.2 Å². The molecular weight excluding hydrogens is 261 g/mol. The van der Waals surface area contributed by atoms with E-state index < -0.39 is 0 Å². The van der Waals surface area contributed by atoms with Gasteiger partial charge in [-0.2, -0.15) is 0 Å². The van der Waals surface area contributed by atoms with Crippen LogP contribution in [-0.2, 0) is 13.1 Å². The van der Waals surface area contributed by atoms with Crippen molar-refractivity contribution < 1.29 is 4.39 Å². The Balaban J connectivity index is 2.14. The first kappa shape index (κ1) is 14.0. The summed E-state index contributed by atoms with van der Waals surface area (Å²) in [5.74, 6) is -0.168. The Labute approximate surface area is 117 Å². The Morgan fingerprint density at radius 2 is 2.11 bits per heavy atom. The lowest BCUT2D eigenvalue weighted by Gasteiger charge is -2.16. The molecule has 1 N–H and O–H groups in total. The molecule has 1 heterocycles. The molecule has 0 unspecified atom stereocenters. The number of aryl methyl sites for hydroxylation is 1. The van der Waals surface area contributed by atoms with Gasteiger partial charge in [-0.05, 0) is 20.0 Å². The first-order chi connectivity index (χ1) is 9.11. The van der Waals surface area contributed by atoms with Gasteiger partial charge < -0.3 is 10.2 Å². The Morgan fingerprint density at radius 3 is 2.79 bits per heavy atom. The van der Waals surface area contributed by atoms with Crippen LogP contribution in [0.1, 0.15) is 16.1 Å². The highest BCUT2D eigenvalue weighted by Gasteiger charge is 2.12. The molecule has 0 aliphatic carbocycles. The summed E-state index contributed by atoms with van der Waals surface area (Å²) in [6, 6.07) is 6.85. The van der Waals surface area contributed by atoms with Crippen LogP contribution in [0.5, 0.6) is 0 Å². The first-order valence-corrected chi connectivity index (χ1v) is 6.99. The topological polar surface area (TPSA) is 28.2 Å². The molecule has 0 saturated carbocycles. The largest absolute Gasteiger partial charge is 0.347 e. The smallest absolute Gasteiger partial charge is 0.185 e. The maximum Gasteiger partial charge on any atom is 0.185 e. The summed E-state index contributed by atoms with van der Waals surface area (Å²) < 4.78 is 13.6. The van der Waals surface area contributed by atoms with E-state index in [-0.39, 0.29) is 5.82 Å². The molecule has 0 saturated heterocycles. The van der Waals surface area contributed by atoms with Gasteiger partial charge in [0, 0.05) is 30.6 Å². The van der Waals surface area contributed by atoms with Gasteiger partial charge in [-0.25, -0.2) is 9.37 Å². The summed E-state index contributed by atoms with van der Waals surface area (Å²) in [7, 11) is 3.86. The minimum atomic E-state index is -0.168. The number of anilines is 1. The summed E-state index contributed by atoms with van der Waals surface area (Å²) >= 11 is 1.65. The van der Waals surface area contributed by atoms with Crippen molar-refractivity contribution >= 4 is 16.5 Å². The van der Waals surface area contributed by atoms with E-state index in [9.17, 15) is 4.39 Å². The van der Waals surface area contributed by atoms with Gasteiger partial charge in [0.15, 0.2) is 5.13 Å². The van der Waals surface area contributed by atoms with Gasteiger partial charge in [-0.1, -0.05) is 18.2 Å². The molecule has 19 heavy (non-hydrogen) atoms. The fourth-order valence-corrected chi connectivity index (χ4v) is 2.88. The molecule has 1 aromatic heterocycles. The molecule has 0 radical (unpaired) electrons. The zero-order chi connectivity index (χ0) is 13.8. The van der Waals surface area contributed by atoms with Crippen LogP contribution < -0.4 is 10.2 Å². The summed E-state index contributed by atoms with van der Waals surface area (Å²) in [4.78, 5) is 7.74.